The van der Waals surface area contributed by atoms with E-state index < -0.39 is 4.92 Å². The Morgan fingerprint density at radius 2 is 2.33 bits per heavy atom. The lowest BCUT2D eigenvalue weighted by Gasteiger charge is -2.04. The highest BCUT2D eigenvalue weighted by Gasteiger charge is 2.10. The molecule has 1 rings (SSSR count). The van der Waals surface area contributed by atoms with Gasteiger partial charge in [-0.3, -0.25) is 10.1 Å². The summed E-state index contributed by atoms with van der Waals surface area (Å²) in [5, 5.41) is 10.5. The number of nitrogens with zero attached hydrogens (tertiary/aromatic N) is 2. The van der Waals surface area contributed by atoms with Crippen LogP contribution in [0, 0.1) is 10.1 Å². The maximum atomic E-state index is 10.5. The third-order valence-electron chi connectivity index (χ3n) is 1.79. The molecule has 6 nitrogen and oxygen atoms in total. The van der Waals surface area contributed by atoms with Gasteiger partial charge in [-0.25, -0.2) is 9.79 Å². The Morgan fingerprint density at radius 1 is 1.60 bits per heavy atom. The summed E-state index contributed by atoms with van der Waals surface area (Å²) in [4.78, 5) is 23.2. The topological polar surface area (TPSA) is 81.8 Å². The van der Waals surface area contributed by atoms with Crippen molar-refractivity contribution in [1.82, 2.24) is 0 Å². The lowest BCUT2D eigenvalue weighted by Crippen LogP contribution is -1.94. The van der Waals surface area contributed by atoms with E-state index in [1.165, 1.54) is 31.4 Å². The van der Waals surface area contributed by atoms with Crippen LogP contribution in [0.25, 0.3) is 0 Å². The number of benzene rings is 1. The molecule has 0 aliphatic carbocycles. The van der Waals surface area contributed by atoms with Crippen molar-refractivity contribution in [3.05, 3.63) is 33.9 Å². The molecule has 0 heterocycles. The maximum Gasteiger partial charge on any atom is 0.270 e. The van der Waals surface area contributed by atoms with Crippen molar-refractivity contribution in [2.75, 3.05) is 7.11 Å². The van der Waals surface area contributed by atoms with Crippen LogP contribution in [-0.4, -0.2) is 18.1 Å². The molecular formula is C9H8N2O4. The number of methoxy groups -OCH3 is 1. The number of nitro benzene ring substituents is 1. The second-order valence-corrected chi connectivity index (χ2v) is 2.66. The van der Waals surface area contributed by atoms with Crippen molar-refractivity contribution < 1.29 is 14.5 Å². The first-order valence-corrected chi connectivity index (χ1v) is 4.04. The van der Waals surface area contributed by atoms with E-state index in [0.717, 1.165) is 0 Å². The number of rotatable bonds is 4. The Kier molecular flexibility index (Phi) is 3.54. The van der Waals surface area contributed by atoms with Gasteiger partial charge in [-0.15, -0.1) is 0 Å². The van der Waals surface area contributed by atoms with Gasteiger partial charge in [0, 0.05) is 17.7 Å². The quantitative estimate of drug-likeness (QED) is 0.324. The van der Waals surface area contributed by atoms with Crippen LogP contribution in [0.1, 0.15) is 5.56 Å². The Morgan fingerprint density at radius 3 is 2.87 bits per heavy atom. The Labute approximate surface area is 85.3 Å². The van der Waals surface area contributed by atoms with Crippen molar-refractivity contribution in [2.24, 2.45) is 4.99 Å². The second-order valence-electron chi connectivity index (χ2n) is 2.66. The highest BCUT2D eigenvalue weighted by molar-refractivity contribution is 5.44. The highest BCUT2D eigenvalue weighted by atomic mass is 16.6. The van der Waals surface area contributed by atoms with Crippen molar-refractivity contribution in [3.8, 4) is 5.75 Å². The maximum absolute atomic E-state index is 10.5. The van der Waals surface area contributed by atoms with Crippen LogP contribution in [0.5, 0.6) is 5.75 Å². The SMILES string of the molecule is COc1ccc([N+](=O)[O-])cc1CN=C=O. The number of aliphatic imine (C=N–C) groups is 1. The molecule has 0 aromatic heterocycles. The zero-order valence-corrected chi connectivity index (χ0v) is 7.97. The fraction of sp³-hybridized carbons (Fsp3) is 0.222. The normalized spacial score (nSPS) is 9.13. The van der Waals surface area contributed by atoms with Gasteiger partial charge in [-0.1, -0.05) is 0 Å². The van der Waals surface area contributed by atoms with E-state index in [0.29, 0.717) is 11.3 Å². The lowest BCUT2D eigenvalue weighted by atomic mass is 10.2. The van der Waals surface area contributed by atoms with Gasteiger partial charge in [-0.05, 0) is 6.07 Å². The standard InChI is InChI=1S/C9H8N2O4/c1-15-9-3-2-8(11(13)14)4-7(9)5-10-6-12/h2-4H,5H2,1H3. The van der Waals surface area contributed by atoms with Gasteiger partial charge in [0.1, 0.15) is 5.75 Å². The fourth-order valence-corrected chi connectivity index (χ4v) is 1.12. The van der Waals surface area contributed by atoms with E-state index in [1.54, 1.807) is 0 Å². The molecule has 1 aromatic rings. The van der Waals surface area contributed by atoms with Crippen molar-refractivity contribution in [1.29, 1.82) is 0 Å². The van der Waals surface area contributed by atoms with Gasteiger partial charge in [0.15, 0.2) is 0 Å². The summed E-state index contributed by atoms with van der Waals surface area (Å²) in [5.41, 5.74) is 0.418. The van der Waals surface area contributed by atoms with Gasteiger partial charge in [-0.2, -0.15) is 0 Å². The largest absolute Gasteiger partial charge is 0.496 e. The van der Waals surface area contributed by atoms with Crippen LogP contribution < -0.4 is 4.74 Å². The van der Waals surface area contributed by atoms with Gasteiger partial charge < -0.3 is 4.74 Å². The molecule has 0 spiro atoms. The molecular weight excluding hydrogens is 200 g/mol. The second kappa shape index (κ2) is 4.88. The first kappa shape index (κ1) is 10.9. The molecule has 0 atom stereocenters. The van der Waals surface area contributed by atoms with Crippen LogP contribution in [0.15, 0.2) is 23.2 Å². The van der Waals surface area contributed by atoms with Crippen LogP contribution in [0.2, 0.25) is 0 Å². The molecule has 78 valence electrons. The minimum atomic E-state index is -0.520. The monoisotopic (exact) mass is 208 g/mol. The number of ether oxygens (including phenoxy) is 1. The number of isocyanates is 1. The van der Waals surface area contributed by atoms with Gasteiger partial charge in [0.25, 0.3) is 5.69 Å². The minimum absolute atomic E-state index is 0.0222. The zero-order chi connectivity index (χ0) is 11.3. The molecule has 1 aromatic carbocycles. The molecule has 0 saturated heterocycles. The molecule has 0 fully saturated rings. The van der Waals surface area contributed by atoms with Crippen LogP contribution in [0.3, 0.4) is 0 Å². The predicted molar refractivity (Wildman–Crippen MR) is 51.5 cm³/mol. The number of carbonyl (C=O) groups excluding carboxylic acids is 1. The van der Waals surface area contributed by atoms with Crippen molar-refractivity contribution in [3.63, 3.8) is 0 Å². The summed E-state index contributed by atoms with van der Waals surface area (Å²) in [6, 6.07) is 4.11. The minimum Gasteiger partial charge on any atom is -0.496 e. The number of nitro groups is 1. The summed E-state index contributed by atoms with van der Waals surface area (Å²) in [6.45, 7) is 0.0222. The van der Waals surface area contributed by atoms with Gasteiger partial charge >= 0.3 is 0 Å². The van der Waals surface area contributed by atoms with E-state index in [2.05, 4.69) is 4.99 Å². The smallest absolute Gasteiger partial charge is 0.270 e. The summed E-state index contributed by atoms with van der Waals surface area (Å²) >= 11 is 0. The number of hydrogen-bond donors (Lipinski definition) is 0. The Hall–Kier alpha value is -2.20. The molecule has 0 N–H and O–H groups in total. The molecule has 0 aliphatic heterocycles. The van der Waals surface area contributed by atoms with E-state index >= 15 is 0 Å². The average Bonchev–Trinajstić information content (AvgIpc) is 2.25. The van der Waals surface area contributed by atoms with Gasteiger partial charge in [0.2, 0.25) is 6.08 Å². The zero-order valence-electron chi connectivity index (χ0n) is 7.97. The summed E-state index contributed by atoms with van der Waals surface area (Å²) in [6.07, 6.45) is 1.37. The van der Waals surface area contributed by atoms with Crippen LogP contribution in [-0.2, 0) is 11.3 Å². The molecule has 15 heavy (non-hydrogen) atoms. The fourth-order valence-electron chi connectivity index (χ4n) is 1.12. The molecule has 0 saturated carbocycles. The molecule has 0 unspecified atom stereocenters. The van der Waals surface area contributed by atoms with Gasteiger partial charge in [0.05, 0.1) is 18.6 Å². The molecule has 0 amide bonds. The number of hydrogen-bond acceptors (Lipinski definition) is 5. The number of non-ortho nitro benzene ring substituents is 1. The first-order chi connectivity index (χ1) is 7.19. The van der Waals surface area contributed by atoms with E-state index in [1.807, 2.05) is 0 Å². The first-order valence-electron chi connectivity index (χ1n) is 4.04. The Balaban J connectivity index is 3.12. The molecule has 6 heteroatoms. The van der Waals surface area contributed by atoms with Crippen molar-refractivity contribution in [2.45, 2.75) is 6.54 Å². The van der Waals surface area contributed by atoms with E-state index in [-0.39, 0.29) is 12.2 Å². The lowest BCUT2D eigenvalue weighted by molar-refractivity contribution is -0.384. The van der Waals surface area contributed by atoms with E-state index in [9.17, 15) is 14.9 Å². The summed E-state index contributed by atoms with van der Waals surface area (Å²) < 4.78 is 4.96. The summed E-state index contributed by atoms with van der Waals surface area (Å²) in [7, 11) is 1.44. The van der Waals surface area contributed by atoms with E-state index in [4.69, 9.17) is 4.74 Å². The highest BCUT2D eigenvalue weighted by Crippen LogP contribution is 2.24. The van der Waals surface area contributed by atoms with Crippen molar-refractivity contribution >= 4 is 11.8 Å². The predicted octanol–water partition coefficient (Wildman–Crippen LogP) is 1.44. The summed E-state index contributed by atoms with van der Waals surface area (Å²) in [5.74, 6) is 0.458. The molecule has 0 bridgehead atoms. The average molecular weight is 208 g/mol. The van der Waals surface area contributed by atoms with Crippen LogP contribution in [0.4, 0.5) is 5.69 Å². The third-order valence-corrected chi connectivity index (χ3v) is 1.79. The van der Waals surface area contributed by atoms with Crippen LogP contribution >= 0.6 is 0 Å². The molecule has 0 radical (unpaired) electrons. The molecule has 0 aliphatic rings. The Bertz CT molecular complexity index is 424. The third kappa shape index (κ3) is 2.62.